The summed E-state index contributed by atoms with van der Waals surface area (Å²) >= 11 is 0. The van der Waals surface area contributed by atoms with Gasteiger partial charge in [0.15, 0.2) is 0 Å². The highest BCUT2D eigenvalue weighted by atomic mass is 16.5. The number of rotatable bonds is 4. The summed E-state index contributed by atoms with van der Waals surface area (Å²) in [5.74, 6) is 0.919. The minimum absolute atomic E-state index is 0.919. The van der Waals surface area contributed by atoms with Crippen molar-refractivity contribution in [1.29, 1.82) is 0 Å². The van der Waals surface area contributed by atoms with Gasteiger partial charge in [-0.15, -0.1) is 0 Å². The SMILES string of the molecule is C=C(c1cccc(-c2ccc(OC)c(C)c2)c1)N(C)C. The van der Waals surface area contributed by atoms with Crippen LogP contribution in [0.25, 0.3) is 16.8 Å². The first-order chi connectivity index (χ1) is 9.52. The summed E-state index contributed by atoms with van der Waals surface area (Å²) in [6.07, 6.45) is 0. The molecule has 0 bridgehead atoms. The van der Waals surface area contributed by atoms with Gasteiger partial charge in [0.05, 0.1) is 7.11 Å². The number of aryl methyl sites for hydroxylation is 1. The molecule has 20 heavy (non-hydrogen) atoms. The number of ether oxygens (including phenoxy) is 1. The largest absolute Gasteiger partial charge is 0.496 e. The van der Waals surface area contributed by atoms with E-state index in [9.17, 15) is 0 Å². The molecule has 0 aromatic heterocycles. The van der Waals surface area contributed by atoms with E-state index in [1.165, 1.54) is 11.1 Å². The molecule has 0 N–H and O–H groups in total. The van der Waals surface area contributed by atoms with Crippen molar-refractivity contribution >= 4 is 5.70 Å². The standard InChI is InChI=1S/C18H21NO/c1-13-11-17(9-10-18(13)20-5)16-8-6-7-15(12-16)14(2)19(3)4/h6-12H,2H2,1,3-5H3. The van der Waals surface area contributed by atoms with Crippen molar-refractivity contribution in [2.75, 3.05) is 21.2 Å². The molecule has 0 aliphatic rings. The van der Waals surface area contributed by atoms with Gasteiger partial charge in [0.2, 0.25) is 0 Å². The Morgan fingerprint density at radius 1 is 1.05 bits per heavy atom. The molecule has 2 aromatic rings. The summed E-state index contributed by atoms with van der Waals surface area (Å²) < 4.78 is 5.31. The van der Waals surface area contributed by atoms with Crippen molar-refractivity contribution < 1.29 is 4.74 Å². The molecule has 0 amide bonds. The fourth-order valence-corrected chi connectivity index (χ4v) is 2.19. The van der Waals surface area contributed by atoms with E-state index in [0.717, 1.165) is 22.6 Å². The van der Waals surface area contributed by atoms with Crippen LogP contribution >= 0.6 is 0 Å². The Balaban J connectivity index is 2.41. The second kappa shape index (κ2) is 5.83. The lowest BCUT2D eigenvalue weighted by Crippen LogP contribution is -2.08. The highest BCUT2D eigenvalue weighted by Crippen LogP contribution is 2.28. The average molecular weight is 267 g/mol. The minimum atomic E-state index is 0.919. The van der Waals surface area contributed by atoms with E-state index in [2.05, 4.69) is 49.9 Å². The Morgan fingerprint density at radius 3 is 2.35 bits per heavy atom. The lowest BCUT2D eigenvalue weighted by Gasteiger charge is -2.16. The van der Waals surface area contributed by atoms with Crippen LogP contribution in [0.15, 0.2) is 49.0 Å². The first-order valence-electron chi connectivity index (χ1n) is 6.64. The van der Waals surface area contributed by atoms with Crippen LogP contribution in [0.5, 0.6) is 5.75 Å². The van der Waals surface area contributed by atoms with Gasteiger partial charge in [-0.3, -0.25) is 0 Å². The summed E-state index contributed by atoms with van der Waals surface area (Å²) in [5.41, 5.74) is 5.67. The molecule has 0 atom stereocenters. The van der Waals surface area contributed by atoms with Crippen molar-refractivity contribution in [2.24, 2.45) is 0 Å². The predicted octanol–water partition coefficient (Wildman–Crippen LogP) is 4.20. The Labute approximate surface area is 121 Å². The zero-order valence-corrected chi connectivity index (χ0v) is 12.6. The van der Waals surface area contributed by atoms with Gasteiger partial charge in [-0.05, 0) is 47.4 Å². The van der Waals surface area contributed by atoms with Crippen LogP contribution < -0.4 is 4.74 Å². The van der Waals surface area contributed by atoms with Crippen molar-refractivity contribution in [3.8, 4) is 16.9 Å². The first kappa shape index (κ1) is 14.2. The highest BCUT2D eigenvalue weighted by molar-refractivity contribution is 5.71. The Morgan fingerprint density at radius 2 is 1.75 bits per heavy atom. The smallest absolute Gasteiger partial charge is 0.121 e. The zero-order valence-electron chi connectivity index (χ0n) is 12.6. The maximum atomic E-state index is 5.31. The highest BCUT2D eigenvalue weighted by Gasteiger charge is 2.05. The van der Waals surface area contributed by atoms with Gasteiger partial charge in [0, 0.05) is 19.8 Å². The molecule has 0 unspecified atom stereocenters. The molecule has 0 saturated carbocycles. The Kier molecular flexibility index (Phi) is 4.14. The molecule has 2 rings (SSSR count). The van der Waals surface area contributed by atoms with Crippen LogP contribution in [0.2, 0.25) is 0 Å². The van der Waals surface area contributed by atoms with E-state index in [0.29, 0.717) is 0 Å². The lowest BCUT2D eigenvalue weighted by molar-refractivity contribution is 0.412. The number of hydrogen-bond acceptors (Lipinski definition) is 2. The fourth-order valence-electron chi connectivity index (χ4n) is 2.19. The van der Waals surface area contributed by atoms with E-state index in [4.69, 9.17) is 4.74 Å². The van der Waals surface area contributed by atoms with Crippen molar-refractivity contribution in [3.05, 3.63) is 60.2 Å². The third-order valence-electron chi connectivity index (χ3n) is 3.46. The van der Waals surface area contributed by atoms with Crippen molar-refractivity contribution in [2.45, 2.75) is 6.92 Å². The Bertz CT molecular complexity index is 629. The second-order valence-electron chi connectivity index (χ2n) is 5.11. The third kappa shape index (κ3) is 2.85. The molecular weight excluding hydrogens is 246 g/mol. The van der Waals surface area contributed by atoms with Gasteiger partial charge in [-0.2, -0.15) is 0 Å². The summed E-state index contributed by atoms with van der Waals surface area (Å²) in [7, 11) is 5.71. The van der Waals surface area contributed by atoms with Crippen LogP contribution in [-0.2, 0) is 0 Å². The summed E-state index contributed by atoms with van der Waals surface area (Å²) in [5, 5.41) is 0. The van der Waals surface area contributed by atoms with E-state index < -0.39 is 0 Å². The number of methoxy groups -OCH3 is 1. The van der Waals surface area contributed by atoms with Gasteiger partial charge in [0.1, 0.15) is 5.75 Å². The molecule has 2 aromatic carbocycles. The van der Waals surface area contributed by atoms with Gasteiger partial charge in [-0.1, -0.05) is 30.8 Å². The lowest BCUT2D eigenvalue weighted by atomic mass is 10.00. The first-order valence-corrected chi connectivity index (χ1v) is 6.64. The van der Waals surface area contributed by atoms with Crippen molar-refractivity contribution in [3.63, 3.8) is 0 Å². The normalized spacial score (nSPS) is 10.2. The molecular formula is C18H21NO. The molecule has 0 spiro atoms. The summed E-state index contributed by atoms with van der Waals surface area (Å²) in [6.45, 7) is 6.17. The maximum Gasteiger partial charge on any atom is 0.121 e. The Hall–Kier alpha value is -2.22. The monoisotopic (exact) mass is 267 g/mol. The van der Waals surface area contributed by atoms with E-state index in [1.54, 1.807) is 7.11 Å². The molecule has 0 fully saturated rings. The molecule has 0 saturated heterocycles. The maximum absolute atomic E-state index is 5.31. The summed E-state index contributed by atoms with van der Waals surface area (Å²) in [4.78, 5) is 2.03. The average Bonchev–Trinajstić information content (AvgIpc) is 2.46. The second-order valence-corrected chi connectivity index (χ2v) is 5.11. The molecule has 2 nitrogen and oxygen atoms in total. The fraction of sp³-hybridized carbons (Fsp3) is 0.222. The molecule has 0 heterocycles. The van der Waals surface area contributed by atoms with E-state index in [1.807, 2.05) is 25.1 Å². The molecule has 0 radical (unpaired) electrons. The number of nitrogens with zero attached hydrogens (tertiary/aromatic N) is 1. The number of hydrogen-bond donors (Lipinski definition) is 0. The van der Waals surface area contributed by atoms with Gasteiger partial charge < -0.3 is 9.64 Å². The van der Waals surface area contributed by atoms with E-state index in [-0.39, 0.29) is 0 Å². The molecule has 104 valence electrons. The van der Waals surface area contributed by atoms with Gasteiger partial charge >= 0.3 is 0 Å². The summed E-state index contributed by atoms with van der Waals surface area (Å²) in [6, 6.07) is 14.7. The van der Waals surface area contributed by atoms with E-state index >= 15 is 0 Å². The zero-order chi connectivity index (χ0) is 14.7. The van der Waals surface area contributed by atoms with Crippen LogP contribution in [0.1, 0.15) is 11.1 Å². The molecule has 2 heteroatoms. The molecule has 0 aliphatic carbocycles. The van der Waals surface area contributed by atoms with Crippen LogP contribution in [0.3, 0.4) is 0 Å². The quantitative estimate of drug-likeness (QED) is 0.823. The predicted molar refractivity (Wildman–Crippen MR) is 85.9 cm³/mol. The molecule has 0 aliphatic heterocycles. The minimum Gasteiger partial charge on any atom is -0.496 e. The number of benzene rings is 2. The third-order valence-corrected chi connectivity index (χ3v) is 3.46. The van der Waals surface area contributed by atoms with Gasteiger partial charge in [0.25, 0.3) is 0 Å². The topological polar surface area (TPSA) is 12.5 Å². The van der Waals surface area contributed by atoms with Crippen LogP contribution in [0, 0.1) is 6.92 Å². The van der Waals surface area contributed by atoms with Crippen LogP contribution in [-0.4, -0.2) is 26.1 Å². The van der Waals surface area contributed by atoms with Crippen molar-refractivity contribution in [1.82, 2.24) is 4.90 Å². The van der Waals surface area contributed by atoms with Gasteiger partial charge in [-0.25, -0.2) is 0 Å². The van der Waals surface area contributed by atoms with Crippen LogP contribution in [0.4, 0.5) is 0 Å².